The Labute approximate surface area is 147 Å². The van der Waals surface area contributed by atoms with Crippen LogP contribution in [0.5, 0.6) is 0 Å². The second kappa shape index (κ2) is 6.94. The molecule has 6 nitrogen and oxygen atoms in total. The number of halogens is 1. The van der Waals surface area contributed by atoms with E-state index in [4.69, 9.17) is 16.0 Å². The van der Waals surface area contributed by atoms with Gasteiger partial charge in [-0.15, -0.1) is 0 Å². The highest BCUT2D eigenvalue weighted by Gasteiger charge is 2.12. The van der Waals surface area contributed by atoms with Crippen LogP contribution in [-0.4, -0.2) is 16.7 Å². The van der Waals surface area contributed by atoms with Crippen LogP contribution >= 0.6 is 11.6 Å². The number of nitrogens with one attached hydrogen (secondary N) is 2. The van der Waals surface area contributed by atoms with Gasteiger partial charge < -0.3 is 9.73 Å². The zero-order chi connectivity index (χ0) is 18.0. The number of Topliss-reactive ketones (excluding diaryl/α,β-unsaturated/α-hetero) is 1. The number of anilines is 1. The maximum atomic E-state index is 12.2. The molecule has 0 spiro atoms. The monoisotopic (exact) mass is 358 g/mol. The molecule has 2 N–H and O–H groups in total. The molecular formula is C18H15ClN2O4. The lowest BCUT2D eigenvalue weighted by Crippen LogP contribution is -2.14. The highest BCUT2D eigenvalue weighted by Crippen LogP contribution is 2.20. The highest BCUT2D eigenvalue weighted by atomic mass is 35.5. The van der Waals surface area contributed by atoms with E-state index in [2.05, 4.69) is 10.3 Å². The molecule has 0 radical (unpaired) electrons. The van der Waals surface area contributed by atoms with E-state index in [1.807, 2.05) is 6.92 Å². The van der Waals surface area contributed by atoms with Gasteiger partial charge in [0.15, 0.2) is 11.4 Å². The lowest BCUT2D eigenvalue weighted by atomic mass is 10.1. The van der Waals surface area contributed by atoms with Crippen molar-refractivity contribution in [3.63, 3.8) is 0 Å². The molecule has 1 amide bonds. The van der Waals surface area contributed by atoms with Crippen molar-refractivity contribution in [2.75, 3.05) is 5.32 Å². The zero-order valence-electron chi connectivity index (χ0n) is 13.4. The minimum atomic E-state index is -0.572. The summed E-state index contributed by atoms with van der Waals surface area (Å²) in [7, 11) is 0. The van der Waals surface area contributed by atoms with Gasteiger partial charge in [0.2, 0.25) is 5.91 Å². The second-order valence-electron chi connectivity index (χ2n) is 5.66. The van der Waals surface area contributed by atoms with Crippen molar-refractivity contribution in [1.82, 2.24) is 4.98 Å². The molecule has 0 saturated heterocycles. The number of oxazole rings is 1. The number of hydrogen-bond acceptors (Lipinski definition) is 4. The molecule has 2 aromatic carbocycles. The first-order chi connectivity index (χ1) is 11.9. The number of carbonyl (C=O) groups is 2. The van der Waals surface area contributed by atoms with Crippen LogP contribution < -0.4 is 11.1 Å². The summed E-state index contributed by atoms with van der Waals surface area (Å²) in [6.45, 7) is 1.84. The number of aryl methyl sites for hydroxylation is 1. The Morgan fingerprint density at radius 1 is 1.16 bits per heavy atom. The van der Waals surface area contributed by atoms with Crippen molar-refractivity contribution in [2.24, 2.45) is 0 Å². The van der Waals surface area contributed by atoms with Gasteiger partial charge in [-0.05, 0) is 48.9 Å². The molecule has 25 heavy (non-hydrogen) atoms. The van der Waals surface area contributed by atoms with Gasteiger partial charge in [0.05, 0.1) is 5.52 Å². The van der Waals surface area contributed by atoms with E-state index in [0.29, 0.717) is 27.4 Å². The summed E-state index contributed by atoms with van der Waals surface area (Å²) in [5, 5.41) is 3.36. The third kappa shape index (κ3) is 3.97. The van der Waals surface area contributed by atoms with E-state index in [0.717, 1.165) is 5.56 Å². The first-order valence-corrected chi connectivity index (χ1v) is 8.02. The summed E-state index contributed by atoms with van der Waals surface area (Å²) in [4.78, 5) is 37.9. The molecule has 0 fully saturated rings. The average Bonchev–Trinajstić information content (AvgIpc) is 2.94. The summed E-state index contributed by atoms with van der Waals surface area (Å²) in [6.07, 6.45) is 0.106. The fourth-order valence-electron chi connectivity index (χ4n) is 2.47. The van der Waals surface area contributed by atoms with Gasteiger partial charge in [-0.1, -0.05) is 11.6 Å². The van der Waals surface area contributed by atoms with Crippen molar-refractivity contribution in [2.45, 2.75) is 19.8 Å². The number of hydrogen-bond donors (Lipinski definition) is 2. The van der Waals surface area contributed by atoms with Crippen LogP contribution in [0.4, 0.5) is 5.69 Å². The lowest BCUT2D eigenvalue weighted by Gasteiger charge is -2.08. The van der Waals surface area contributed by atoms with E-state index in [1.54, 1.807) is 30.3 Å². The van der Waals surface area contributed by atoms with Crippen LogP contribution in [0.1, 0.15) is 28.8 Å². The number of fused-ring (bicyclic) bond motifs is 1. The molecule has 0 unspecified atom stereocenters. The number of aromatic nitrogens is 1. The molecule has 0 atom stereocenters. The van der Waals surface area contributed by atoms with Crippen LogP contribution in [0.25, 0.3) is 11.1 Å². The summed E-state index contributed by atoms with van der Waals surface area (Å²) in [5.41, 5.74) is 2.75. The number of ketones is 1. The molecule has 0 aliphatic carbocycles. The van der Waals surface area contributed by atoms with E-state index < -0.39 is 5.76 Å². The SMILES string of the molecule is Cc1cc(Cl)ccc1NC(=O)CCC(=O)c1ccc2[nH]c(=O)oc2c1. The van der Waals surface area contributed by atoms with Crippen LogP contribution in [-0.2, 0) is 4.79 Å². The lowest BCUT2D eigenvalue weighted by molar-refractivity contribution is -0.116. The van der Waals surface area contributed by atoms with Crippen LogP contribution in [0.15, 0.2) is 45.6 Å². The maximum Gasteiger partial charge on any atom is 0.417 e. The number of benzene rings is 2. The Morgan fingerprint density at radius 3 is 2.72 bits per heavy atom. The summed E-state index contributed by atoms with van der Waals surface area (Å²) in [6, 6.07) is 9.86. The smallest absolute Gasteiger partial charge is 0.408 e. The number of aromatic amines is 1. The molecule has 0 aliphatic heterocycles. The number of H-pyrrole nitrogens is 1. The molecule has 0 saturated carbocycles. The standard InChI is InChI=1S/C18H15ClN2O4/c1-10-8-12(19)3-5-13(10)20-17(23)7-6-15(22)11-2-4-14-16(9-11)25-18(24)21-14/h2-5,8-9H,6-7H2,1H3,(H,20,23)(H,21,24). The first kappa shape index (κ1) is 17.0. The van der Waals surface area contributed by atoms with E-state index >= 15 is 0 Å². The predicted octanol–water partition coefficient (Wildman–Crippen LogP) is 3.68. The molecule has 128 valence electrons. The Hall–Kier alpha value is -2.86. The van der Waals surface area contributed by atoms with Crippen molar-refractivity contribution in [3.05, 3.63) is 63.1 Å². The molecule has 7 heteroatoms. The van der Waals surface area contributed by atoms with Gasteiger partial charge in [-0.2, -0.15) is 0 Å². The van der Waals surface area contributed by atoms with Crippen LogP contribution in [0.3, 0.4) is 0 Å². The Morgan fingerprint density at radius 2 is 1.96 bits per heavy atom. The van der Waals surface area contributed by atoms with E-state index in [-0.39, 0.29) is 24.5 Å². The zero-order valence-corrected chi connectivity index (χ0v) is 14.1. The minimum absolute atomic E-state index is 0.0516. The maximum absolute atomic E-state index is 12.2. The summed E-state index contributed by atoms with van der Waals surface area (Å²) in [5.74, 6) is -1.03. The van der Waals surface area contributed by atoms with Gasteiger partial charge in [0.1, 0.15) is 0 Å². The van der Waals surface area contributed by atoms with Crippen molar-refractivity contribution in [3.8, 4) is 0 Å². The minimum Gasteiger partial charge on any atom is -0.408 e. The molecule has 0 aliphatic rings. The quantitative estimate of drug-likeness (QED) is 0.680. The van der Waals surface area contributed by atoms with Gasteiger partial charge >= 0.3 is 5.76 Å². The van der Waals surface area contributed by atoms with E-state index in [9.17, 15) is 14.4 Å². The van der Waals surface area contributed by atoms with Gasteiger partial charge in [0, 0.05) is 29.1 Å². The van der Waals surface area contributed by atoms with Crippen LogP contribution in [0.2, 0.25) is 5.02 Å². The molecule has 1 aromatic heterocycles. The fraction of sp³-hybridized carbons (Fsp3) is 0.167. The van der Waals surface area contributed by atoms with Crippen molar-refractivity contribution >= 4 is 40.1 Å². The van der Waals surface area contributed by atoms with Crippen LogP contribution in [0, 0.1) is 6.92 Å². The third-order valence-corrected chi connectivity index (χ3v) is 4.02. The molecular weight excluding hydrogens is 344 g/mol. The Balaban J connectivity index is 1.62. The highest BCUT2D eigenvalue weighted by molar-refractivity contribution is 6.30. The second-order valence-corrected chi connectivity index (χ2v) is 6.09. The molecule has 0 bridgehead atoms. The summed E-state index contributed by atoms with van der Waals surface area (Å²) >= 11 is 5.88. The average molecular weight is 359 g/mol. The molecule has 1 heterocycles. The van der Waals surface area contributed by atoms with Crippen molar-refractivity contribution < 1.29 is 14.0 Å². The normalized spacial score (nSPS) is 10.8. The summed E-state index contributed by atoms with van der Waals surface area (Å²) < 4.78 is 4.93. The number of amides is 1. The Kier molecular flexibility index (Phi) is 4.72. The topological polar surface area (TPSA) is 92.2 Å². The molecule has 3 aromatic rings. The fourth-order valence-corrected chi connectivity index (χ4v) is 2.70. The first-order valence-electron chi connectivity index (χ1n) is 7.64. The van der Waals surface area contributed by atoms with Gasteiger partial charge in [-0.3, -0.25) is 14.6 Å². The van der Waals surface area contributed by atoms with Gasteiger partial charge in [0.25, 0.3) is 0 Å². The predicted molar refractivity (Wildman–Crippen MR) is 95.2 cm³/mol. The molecule has 3 rings (SSSR count). The number of carbonyl (C=O) groups excluding carboxylic acids is 2. The number of rotatable bonds is 5. The Bertz CT molecular complexity index is 1020. The third-order valence-electron chi connectivity index (χ3n) is 3.78. The van der Waals surface area contributed by atoms with E-state index in [1.165, 1.54) is 6.07 Å². The largest absolute Gasteiger partial charge is 0.417 e. The van der Waals surface area contributed by atoms with Crippen molar-refractivity contribution in [1.29, 1.82) is 0 Å². The van der Waals surface area contributed by atoms with Gasteiger partial charge in [-0.25, -0.2) is 4.79 Å².